The Labute approximate surface area is 159 Å². The minimum absolute atomic E-state index is 0.0509. The van der Waals surface area contributed by atoms with E-state index in [1.165, 1.54) is 18.4 Å². The number of furan rings is 1. The van der Waals surface area contributed by atoms with E-state index in [1.54, 1.807) is 31.2 Å². The molecule has 142 valence electrons. The van der Waals surface area contributed by atoms with Gasteiger partial charge in [0, 0.05) is 28.3 Å². The fourth-order valence-electron chi connectivity index (χ4n) is 3.24. The van der Waals surface area contributed by atoms with Crippen molar-refractivity contribution in [3.05, 3.63) is 59.4 Å². The van der Waals surface area contributed by atoms with Crippen molar-refractivity contribution in [2.75, 3.05) is 11.9 Å². The van der Waals surface area contributed by atoms with Crippen molar-refractivity contribution in [2.45, 2.75) is 19.3 Å². The van der Waals surface area contributed by atoms with Crippen LogP contribution >= 0.6 is 0 Å². The molecule has 0 saturated heterocycles. The van der Waals surface area contributed by atoms with Gasteiger partial charge in [-0.1, -0.05) is 0 Å². The van der Waals surface area contributed by atoms with Gasteiger partial charge in [-0.15, -0.1) is 0 Å². The summed E-state index contributed by atoms with van der Waals surface area (Å²) in [6.07, 6.45) is 1.38. The first-order valence-corrected chi connectivity index (χ1v) is 8.75. The van der Waals surface area contributed by atoms with Crippen molar-refractivity contribution in [3.8, 4) is 5.75 Å². The van der Waals surface area contributed by atoms with Crippen molar-refractivity contribution >= 4 is 34.3 Å². The molecule has 7 heteroatoms. The topological polar surface area (TPSA) is 106 Å². The minimum atomic E-state index is -0.560. The Morgan fingerprint density at radius 3 is 2.86 bits per heavy atom. The van der Waals surface area contributed by atoms with Crippen LogP contribution in [0.25, 0.3) is 11.0 Å². The van der Waals surface area contributed by atoms with E-state index >= 15 is 0 Å². The summed E-state index contributed by atoms with van der Waals surface area (Å²) in [6, 6.07) is 9.56. The highest BCUT2D eigenvalue weighted by Gasteiger charge is 2.27. The number of phenols is 1. The van der Waals surface area contributed by atoms with Gasteiger partial charge in [-0.2, -0.15) is 0 Å². The first-order valence-electron chi connectivity index (χ1n) is 8.75. The summed E-state index contributed by atoms with van der Waals surface area (Å²) in [5.41, 5.74) is 2.93. The van der Waals surface area contributed by atoms with E-state index in [-0.39, 0.29) is 36.4 Å². The molecule has 0 spiro atoms. The van der Waals surface area contributed by atoms with Crippen molar-refractivity contribution in [2.24, 2.45) is 0 Å². The van der Waals surface area contributed by atoms with Crippen LogP contribution in [0.4, 0.5) is 5.69 Å². The van der Waals surface area contributed by atoms with Crippen molar-refractivity contribution in [1.82, 2.24) is 0 Å². The molecule has 2 aromatic carbocycles. The minimum Gasteiger partial charge on any atom is -0.508 e. The molecule has 0 fully saturated rings. The number of ether oxygens (including phenoxy) is 1. The number of rotatable bonds is 5. The first-order chi connectivity index (χ1) is 13.4. The van der Waals surface area contributed by atoms with Crippen LogP contribution in [-0.2, 0) is 20.7 Å². The Balaban J connectivity index is 1.39. The zero-order valence-corrected chi connectivity index (χ0v) is 15.0. The van der Waals surface area contributed by atoms with Gasteiger partial charge in [0.1, 0.15) is 11.3 Å². The Kier molecular flexibility index (Phi) is 4.35. The number of nitrogens with one attached hydrogen (secondary N) is 1. The molecule has 1 aliphatic heterocycles. The summed E-state index contributed by atoms with van der Waals surface area (Å²) >= 11 is 0. The molecule has 1 aliphatic rings. The van der Waals surface area contributed by atoms with Gasteiger partial charge in [-0.3, -0.25) is 14.4 Å². The molecule has 0 unspecified atom stereocenters. The number of amides is 1. The van der Waals surface area contributed by atoms with Crippen molar-refractivity contribution in [1.29, 1.82) is 0 Å². The molecule has 3 aromatic rings. The monoisotopic (exact) mass is 379 g/mol. The van der Waals surface area contributed by atoms with Gasteiger partial charge in [0.05, 0.1) is 18.6 Å². The van der Waals surface area contributed by atoms with E-state index in [2.05, 4.69) is 5.32 Å². The lowest BCUT2D eigenvalue weighted by Gasteiger charge is -2.07. The smallest absolute Gasteiger partial charge is 0.310 e. The standard InChI is InChI=1S/C21H17NO6/c1-11-16-6-12(2-5-17(16)22-21(11)26)18(24)10-28-20(25)7-13-9-27-19-8-14(23)3-4-15(13)19/h2-6,8-9,11,23H,7,10H2,1H3,(H,22,26)/t11-/m0/s1. The number of phenolic OH excluding ortho intramolecular Hbond substituents is 1. The number of carbonyl (C=O) groups is 3. The second-order valence-corrected chi connectivity index (χ2v) is 6.72. The molecule has 28 heavy (non-hydrogen) atoms. The highest BCUT2D eigenvalue weighted by atomic mass is 16.5. The van der Waals surface area contributed by atoms with Gasteiger partial charge in [-0.05, 0) is 42.8 Å². The van der Waals surface area contributed by atoms with Gasteiger partial charge >= 0.3 is 5.97 Å². The maximum atomic E-state index is 12.4. The average molecular weight is 379 g/mol. The number of aromatic hydroxyl groups is 1. The number of fused-ring (bicyclic) bond motifs is 2. The van der Waals surface area contributed by atoms with Crippen LogP contribution in [-0.4, -0.2) is 29.4 Å². The lowest BCUT2D eigenvalue weighted by atomic mass is 9.99. The van der Waals surface area contributed by atoms with E-state index < -0.39 is 5.97 Å². The van der Waals surface area contributed by atoms with Gasteiger partial charge in [0.15, 0.2) is 12.4 Å². The number of Topliss-reactive ketones (excluding diaryl/α,β-unsaturated/α-hetero) is 1. The summed E-state index contributed by atoms with van der Waals surface area (Å²) in [5.74, 6) is -1.26. The number of hydrogen-bond donors (Lipinski definition) is 2. The van der Waals surface area contributed by atoms with E-state index in [4.69, 9.17) is 9.15 Å². The summed E-state index contributed by atoms with van der Waals surface area (Å²) in [4.78, 5) is 36.2. The average Bonchev–Trinajstić information content (AvgIpc) is 3.19. The number of anilines is 1. The third kappa shape index (κ3) is 3.22. The molecule has 0 bridgehead atoms. The number of carbonyl (C=O) groups excluding carboxylic acids is 3. The summed E-state index contributed by atoms with van der Waals surface area (Å²) in [5, 5.41) is 12.9. The highest BCUT2D eigenvalue weighted by molar-refractivity contribution is 6.05. The second-order valence-electron chi connectivity index (χ2n) is 6.72. The maximum Gasteiger partial charge on any atom is 0.310 e. The van der Waals surface area contributed by atoms with Crippen molar-refractivity contribution < 1.29 is 28.6 Å². The SMILES string of the molecule is C[C@@H]1C(=O)Nc2ccc(C(=O)COC(=O)Cc3coc4cc(O)ccc34)cc21. The van der Waals surface area contributed by atoms with Crippen LogP contribution in [0.2, 0.25) is 0 Å². The van der Waals surface area contributed by atoms with Gasteiger partial charge in [-0.25, -0.2) is 0 Å². The summed E-state index contributed by atoms with van der Waals surface area (Å²) in [6.45, 7) is 1.38. The predicted octanol–water partition coefficient (Wildman–Crippen LogP) is 3.16. The molecule has 2 heterocycles. The Morgan fingerprint density at radius 1 is 1.21 bits per heavy atom. The van der Waals surface area contributed by atoms with E-state index in [9.17, 15) is 19.5 Å². The molecule has 7 nitrogen and oxygen atoms in total. The lowest BCUT2D eigenvalue weighted by Crippen LogP contribution is -2.15. The van der Waals surface area contributed by atoms with Crippen LogP contribution < -0.4 is 5.32 Å². The fourth-order valence-corrected chi connectivity index (χ4v) is 3.24. The zero-order chi connectivity index (χ0) is 19.8. The molecule has 1 atom stereocenters. The highest BCUT2D eigenvalue weighted by Crippen LogP contribution is 2.32. The number of benzene rings is 2. The van der Waals surface area contributed by atoms with E-state index in [0.29, 0.717) is 27.8 Å². The third-order valence-electron chi connectivity index (χ3n) is 4.83. The quantitative estimate of drug-likeness (QED) is 0.521. The van der Waals surface area contributed by atoms with Crippen LogP contribution in [0, 0.1) is 0 Å². The maximum absolute atomic E-state index is 12.4. The molecule has 0 saturated carbocycles. The first kappa shape index (κ1) is 17.8. The zero-order valence-electron chi connectivity index (χ0n) is 15.0. The van der Waals surface area contributed by atoms with E-state index in [1.807, 2.05) is 0 Å². The van der Waals surface area contributed by atoms with Crippen LogP contribution in [0.5, 0.6) is 5.75 Å². The normalized spacial score (nSPS) is 15.3. The summed E-state index contributed by atoms with van der Waals surface area (Å²) < 4.78 is 10.4. The Morgan fingerprint density at radius 2 is 2.04 bits per heavy atom. The number of ketones is 1. The molecule has 0 aliphatic carbocycles. The number of hydrogen-bond acceptors (Lipinski definition) is 6. The Bertz CT molecular complexity index is 1110. The molecule has 1 aromatic heterocycles. The molecule has 0 radical (unpaired) electrons. The fraction of sp³-hybridized carbons (Fsp3) is 0.190. The molecule has 4 rings (SSSR count). The van der Waals surface area contributed by atoms with Crippen molar-refractivity contribution in [3.63, 3.8) is 0 Å². The number of esters is 1. The lowest BCUT2D eigenvalue weighted by molar-refractivity contribution is -0.141. The van der Waals surface area contributed by atoms with Gasteiger partial charge in [0.25, 0.3) is 0 Å². The van der Waals surface area contributed by atoms with Crippen LogP contribution in [0.15, 0.2) is 47.1 Å². The molecule has 1 amide bonds. The van der Waals surface area contributed by atoms with Gasteiger partial charge < -0.3 is 19.6 Å². The molecule has 2 N–H and O–H groups in total. The van der Waals surface area contributed by atoms with Crippen LogP contribution in [0.1, 0.15) is 34.3 Å². The largest absolute Gasteiger partial charge is 0.508 e. The summed E-state index contributed by atoms with van der Waals surface area (Å²) in [7, 11) is 0. The molecular formula is C21H17NO6. The van der Waals surface area contributed by atoms with Gasteiger partial charge in [0.2, 0.25) is 5.91 Å². The second kappa shape index (κ2) is 6.84. The third-order valence-corrected chi connectivity index (χ3v) is 4.83. The predicted molar refractivity (Wildman–Crippen MR) is 100 cm³/mol. The molecular weight excluding hydrogens is 362 g/mol. The van der Waals surface area contributed by atoms with Crippen LogP contribution in [0.3, 0.4) is 0 Å². The Hall–Kier alpha value is -3.61. The van der Waals surface area contributed by atoms with E-state index in [0.717, 1.165) is 5.56 Å².